The molecule has 23 heavy (non-hydrogen) atoms. The molecule has 1 aromatic carbocycles. The second kappa shape index (κ2) is 6.36. The molecule has 0 bridgehead atoms. The highest BCUT2D eigenvalue weighted by Crippen LogP contribution is 2.20. The highest BCUT2D eigenvalue weighted by molar-refractivity contribution is 5.95. The maximum atomic E-state index is 13.3. The summed E-state index contributed by atoms with van der Waals surface area (Å²) in [6.07, 6.45) is 0. The maximum Gasteiger partial charge on any atom is 0.246 e. The van der Waals surface area contributed by atoms with Gasteiger partial charge in [0.1, 0.15) is 5.82 Å². The van der Waals surface area contributed by atoms with Gasteiger partial charge in [-0.1, -0.05) is 20.8 Å². The second-order valence-corrected chi connectivity index (χ2v) is 6.29. The zero-order valence-electron chi connectivity index (χ0n) is 13.7. The molecule has 0 aliphatic carbocycles. The van der Waals surface area contributed by atoms with Crippen molar-refractivity contribution in [2.24, 2.45) is 5.41 Å². The summed E-state index contributed by atoms with van der Waals surface area (Å²) in [6.45, 7) is 7.65. The lowest BCUT2D eigenvalue weighted by Gasteiger charge is -2.17. The molecule has 0 unspecified atom stereocenters. The highest BCUT2D eigenvalue weighted by atomic mass is 19.1. The molecule has 0 saturated carbocycles. The van der Waals surface area contributed by atoms with Gasteiger partial charge in [-0.15, -0.1) is 0 Å². The summed E-state index contributed by atoms with van der Waals surface area (Å²) in [7, 11) is 0. The van der Waals surface area contributed by atoms with Crippen molar-refractivity contribution in [3.05, 3.63) is 24.0 Å². The minimum absolute atomic E-state index is 0.141. The van der Waals surface area contributed by atoms with E-state index in [1.54, 1.807) is 31.4 Å². The summed E-state index contributed by atoms with van der Waals surface area (Å²) >= 11 is 0. The van der Waals surface area contributed by atoms with Crippen molar-refractivity contribution in [2.75, 3.05) is 11.9 Å². The third-order valence-electron chi connectivity index (χ3n) is 3.37. The number of halogens is 1. The van der Waals surface area contributed by atoms with E-state index in [9.17, 15) is 14.0 Å². The third kappa shape index (κ3) is 3.85. The van der Waals surface area contributed by atoms with Gasteiger partial charge in [0.15, 0.2) is 0 Å². The molecule has 0 aliphatic rings. The topological polar surface area (TPSA) is 76.0 Å². The number of fused-ring (bicyclic) bond motifs is 1. The smallest absolute Gasteiger partial charge is 0.246 e. The molecule has 2 aromatic rings. The summed E-state index contributed by atoms with van der Waals surface area (Å²) in [5.41, 5.74) is 0.651. The van der Waals surface area contributed by atoms with Crippen LogP contribution in [0.2, 0.25) is 0 Å². The van der Waals surface area contributed by atoms with Crippen LogP contribution in [0.4, 0.5) is 10.3 Å². The molecule has 0 atom stereocenters. The molecule has 1 aromatic heterocycles. The number of anilines is 1. The number of amides is 2. The van der Waals surface area contributed by atoms with Gasteiger partial charge >= 0.3 is 0 Å². The van der Waals surface area contributed by atoms with Gasteiger partial charge in [0.25, 0.3) is 0 Å². The third-order valence-corrected chi connectivity index (χ3v) is 3.37. The number of carbonyl (C=O) groups excluding carboxylic acids is 2. The number of benzene rings is 1. The van der Waals surface area contributed by atoms with E-state index >= 15 is 0 Å². The van der Waals surface area contributed by atoms with E-state index in [0.29, 0.717) is 18.0 Å². The molecule has 0 fully saturated rings. The van der Waals surface area contributed by atoms with Crippen LogP contribution in [-0.4, -0.2) is 27.9 Å². The minimum atomic E-state index is -0.561. The van der Waals surface area contributed by atoms with E-state index in [0.717, 1.165) is 5.52 Å². The molecule has 124 valence electrons. The van der Waals surface area contributed by atoms with Gasteiger partial charge in [0.05, 0.1) is 17.6 Å². The molecule has 0 radical (unpaired) electrons. The fourth-order valence-electron chi connectivity index (χ4n) is 2.11. The van der Waals surface area contributed by atoms with Crippen molar-refractivity contribution in [3.63, 3.8) is 0 Å². The summed E-state index contributed by atoms with van der Waals surface area (Å²) in [5.74, 6) is -0.636. The van der Waals surface area contributed by atoms with Crippen LogP contribution in [0.25, 0.3) is 11.0 Å². The van der Waals surface area contributed by atoms with Gasteiger partial charge < -0.3 is 9.88 Å². The molecule has 7 heteroatoms. The predicted octanol–water partition coefficient (Wildman–Crippen LogP) is 2.30. The second-order valence-electron chi connectivity index (χ2n) is 6.29. The fourth-order valence-corrected chi connectivity index (χ4v) is 2.11. The van der Waals surface area contributed by atoms with Crippen molar-refractivity contribution in [3.8, 4) is 0 Å². The summed E-state index contributed by atoms with van der Waals surface area (Å²) in [5, 5.41) is 5.23. The number of carbonyl (C=O) groups is 2. The molecule has 0 saturated heterocycles. The number of aryl methyl sites for hydroxylation is 1. The maximum absolute atomic E-state index is 13.3. The van der Waals surface area contributed by atoms with Gasteiger partial charge in [0, 0.05) is 18.0 Å². The Morgan fingerprint density at radius 1 is 1.30 bits per heavy atom. The largest absolute Gasteiger partial charge is 0.347 e. The SMILES string of the molecule is CCn1c(NC(=O)CNC(=O)C(C)(C)C)nc2cc(F)ccc21. The first kappa shape index (κ1) is 16.9. The van der Waals surface area contributed by atoms with Crippen molar-refractivity contribution in [1.29, 1.82) is 0 Å². The fraction of sp³-hybridized carbons (Fsp3) is 0.438. The van der Waals surface area contributed by atoms with Crippen LogP contribution in [0.5, 0.6) is 0 Å². The van der Waals surface area contributed by atoms with Crippen LogP contribution in [0.15, 0.2) is 18.2 Å². The first-order chi connectivity index (χ1) is 10.7. The number of imidazole rings is 1. The van der Waals surface area contributed by atoms with E-state index < -0.39 is 5.41 Å². The Labute approximate surface area is 134 Å². The van der Waals surface area contributed by atoms with E-state index in [4.69, 9.17) is 0 Å². The minimum Gasteiger partial charge on any atom is -0.347 e. The zero-order valence-corrected chi connectivity index (χ0v) is 13.7. The summed E-state index contributed by atoms with van der Waals surface area (Å²) in [4.78, 5) is 28.0. The molecular formula is C16H21FN4O2. The Bertz CT molecular complexity index is 746. The summed E-state index contributed by atoms with van der Waals surface area (Å²) in [6, 6.07) is 4.29. The number of aromatic nitrogens is 2. The lowest BCUT2D eigenvalue weighted by molar-refractivity contribution is -0.130. The number of nitrogens with zero attached hydrogens (tertiary/aromatic N) is 2. The Morgan fingerprint density at radius 3 is 2.61 bits per heavy atom. The molecule has 0 aliphatic heterocycles. The first-order valence-corrected chi connectivity index (χ1v) is 7.46. The van der Waals surface area contributed by atoms with Crippen molar-refractivity contribution in [1.82, 2.24) is 14.9 Å². The standard InChI is InChI=1S/C16H21FN4O2/c1-5-21-12-7-6-10(17)8-11(12)19-15(21)20-13(22)9-18-14(23)16(2,3)4/h6-8H,5,9H2,1-4H3,(H,18,23)(H,19,20,22). The molecular weight excluding hydrogens is 299 g/mol. The highest BCUT2D eigenvalue weighted by Gasteiger charge is 2.21. The van der Waals surface area contributed by atoms with Gasteiger partial charge in [-0.3, -0.25) is 14.9 Å². The van der Waals surface area contributed by atoms with E-state index in [-0.39, 0.29) is 24.2 Å². The number of rotatable bonds is 4. The molecule has 2 rings (SSSR count). The van der Waals surface area contributed by atoms with Crippen molar-refractivity contribution < 1.29 is 14.0 Å². The molecule has 1 heterocycles. The van der Waals surface area contributed by atoms with Crippen molar-refractivity contribution >= 4 is 28.8 Å². The Balaban J connectivity index is 2.12. The van der Waals surface area contributed by atoms with Crippen LogP contribution in [0.1, 0.15) is 27.7 Å². The Morgan fingerprint density at radius 2 is 2.00 bits per heavy atom. The van der Waals surface area contributed by atoms with Crippen LogP contribution in [-0.2, 0) is 16.1 Å². The van der Waals surface area contributed by atoms with Gasteiger partial charge in [-0.25, -0.2) is 9.37 Å². The van der Waals surface area contributed by atoms with Crippen molar-refractivity contribution in [2.45, 2.75) is 34.2 Å². The average Bonchev–Trinajstić information content (AvgIpc) is 2.79. The molecule has 2 amide bonds. The van der Waals surface area contributed by atoms with E-state index in [2.05, 4.69) is 15.6 Å². The van der Waals surface area contributed by atoms with Gasteiger partial charge in [-0.05, 0) is 19.1 Å². The Hall–Kier alpha value is -2.44. The number of hydrogen-bond donors (Lipinski definition) is 2. The quantitative estimate of drug-likeness (QED) is 0.907. The summed E-state index contributed by atoms with van der Waals surface area (Å²) < 4.78 is 15.1. The first-order valence-electron chi connectivity index (χ1n) is 7.46. The Kier molecular flexibility index (Phi) is 4.68. The van der Waals surface area contributed by atoms with Gasteiger partial charge in [-0.2, -0.15) is 0 Å². The van der Waals surface area contributed by atoms with Crippen LogP contribution in [0.3, 0.4) is 0 Å². The monoisotopic (exact) mass is 320 g/mol. The molecule has 0 spiro atoms. The lowest BCUT2D eigenvalue weighted by Crippen LogP contribution is -2.39. The zero-order chi connectivity index (χ0) is 17.2. The van der Waals surface area contributed by atoms with Gasteiger partial charge in [0.2, 0.25) is 17.8 Å². The van der Waals surface area contributed by atoms with Crippen LogP contribution in [0, 0.1) is 11.2 Å². The van der Waals surface area contributed by atoms with Crippen LogP contribution >= 0.6 is 0 Å². The van der Waals surface area contributed by atoms with Crippen LogP contribution < -0.4 is 10.6 Å². The number of hydrogen-bond acceptors (Lipinski definition) is 3. The van der Waals surface area contributed by atoms with E-state index in [1.807, 2.05) is 6.92 Å². The van der Waals surface area contributed by atoms with E-state index in [1.165, 1.54) is 12.1 Å². The normalized spacial score (nSPS) is 11.5. The molecule has 2 N–H and O–H groups in total. The molecule has 6 nitrogen and oxygen atoms in total. The lowest BCUT2D eigenvalue weighted by atomic mass is 9.96. The number of nitrogens with one attached hydrogen (secondary N) is 2. The predicted molar refractivity (Wildman–Crippen MR) is 86.5 cm³/mol. The average molecular weight is 320 g/mol.